The Hall–Kier alpha value is -1.95. The molecule has 0 amide bonds. The van der Waals surface area contributed by atoms with Gasteiger partial charge in [-0.25, -0.2) is 0 Å². The average molecular weight is 423 g/mol. The molecular formula is C26H38BNO3. The van der Waals surface area contributed by atoms with Gasteiger partial charge in [-0.05, 0) is 62.7 Å². The van der Waals surface area contributed by atoms with Crippen molar-refractivity contribution in [3.05, 3.63) is 71.2 Å². The van der Waals surface area contributed by atoms with Crippen LogP contribution in [0.25, 0.3) is 0 Å². The van der Waals surface area contributed by atoms with E-state index in [0.29, 0.717) is 11.6 Å². The van der Waals surface area contributed by atoms with Gasteiger partial charge in [0.05, 0.1) is 23.0 Å². The molecule has 2 unspecified atom stereocenters. The van der Waals surface area contributed by atoms with Gasteiger partial charge in [-0.15, -0.1) is 0 Å². The maximum Gasteiger partial charge on any atom is 0.495 e. The molecule has 1 fully saturated rings. The zero-order chi connectivity index (χ0) is 23.2. The molecule has 4 nitrogen and oxygen atoms in total. The molecule has 1 aliphatic heterocycles. The predicted octanol–water partition coefficient (Wildman–Crippen LogP) is 6.24. The number of aliphatic hydroxyl groups excluding tert-OH is 1. The molecule has 1 heterocycles. The van der Waals surface area contributed by atoms with Crippen molar-refractivity contribution in [2.45, 2.75) is 78.6 Å². The van der Waals surface area contributed by atoms with Gasteiger partial charge in [-0.2, -0.15) is 0 Å². The van der Waals surface area contributed by atoms with Crippen LogP contribution in [-0.2, 0) is 9.31 Å². The minimum Gasteiger partial charge on any atom is -0.399 e. The van der Waals surface area contributed by atoms with Crippen molar-refractivity contribution in [2.75, 3.05) is 0 Å². The Balaban J connectivity index is 0.000000285. The highest BCUT2D eigenvalue weighted by Crippen LogP contribution is 2.40. The van der Waals surface area contributed by atoms with Gasteiger partial charge in [0.15, 0.2) is 0 Å². The first-order valence-corrected chi connectivity index (χ1v) is 11.3. The van der Waals surface area contributed by atoms with Gasteiger partial charge in [0.1, 0.15) is 0 Å². The summed E-state index contributed by atoms with van der Waals surface area (Å²) >= 11 is 0. The first kappa shape index (κ1) is 25.3. The summed E-state index contributed by atoms with van der Waals surface area (Å²) in [4.78, 5) is 0. The number of nitrogens with one attached hydrogen (secondary N) is 1. The lowest BCUT2D eigenvalue weighted by Crippen LogP contribution is -2.41. The third-order valence-corrected chi connectivity index (χ3v) is 6.31. The molecule has 2 aliphatic rings. The van der Waals surface area contributed by atoms with Gasteiger partial charge in [-0.1, -0.05) is 75.8 Å². The highest BCUT2D eigenvalue weighted by atomic mass is 16.7. The summed E-state index contributed by atoms with van der Waals surface area (Å²) in [6, 6.07) is 9.70. The van der Waals surface area contributed by atoms with Crippen molar-refractivity contribution < 1.29 is 14.4 Å². The molecule has 0 bridgehead atoms. The van der Waals surface area contributed by atoms with Crippen LogP contribution in [0.3, 0.4) is 0 Å². The Kier molecular flexibility index (Phi) is 8.64. The van der Waals surface area contributed by atoms with Gasteiger partial charge in [0.2, 0.25) is 0 Å². The topological polar surface area (TPSA) is 62.5 Å². The van der Waals surface area contributed by atoms with E-state index in [1.165, 1.54) is 0 Å². The molecule has 0 radical (unpaired) electrons. The van der Waals surface area contributed by atoms with Gasteiger partial charge < -0.3 is 19.8 Å². The summed E-state index contributed by atoms with van der Waals surface area (Å²) < 4.78 is 12.3. The van der Waals surface area contributed by atoms with Crippen LogP contribution >= 0.6 is 0 Å². The Bertz CT molecular complexity index is 823. The Labute approximate surface area is 188 Å². The molecule has 2 atom stereocenters. The van der Waals surface area contributed by atoms with Crippen molar-refractivity contribution >= 4 is 12.8 Å². The van der Waals surface area contributed by atoms with E-state index >= 15 is 0 Å². The highest BCUT2D eigenvalue weighted by molar-refractivity contribution is 6.58. The quantitative estimate of drug-likeness (QED) is 0.552. The standard InChI is InChI=1S/C17H26BNO2.C9H12O/c1-7-12(2)11-13-14(9-8-10-15(13)19)18-20-16(3,4)17(5,6)21-18;1-2-9(10)8-6-4-3-5-7-8/h8-12,19H,7H2,1-6H3;3-7,9-10H,2H2,1H3/b13-11-,19-15?;. The van der Waals surface area contributed by atoms with Crippen molar-refractivity contribution in [1.29, 1.82) is 5.41 Å². The molecule has 31 heavy (non-hydrogen) atoms. The van der Waals surface area contributed by atoms with Crippen LogP contribution in [0.4, 0.5) is 0 Å². The summed E-state index contributed by atoms with van der Waals surface area (Å²) in [6.07, 6.45) is 9.43. The smallest absolute Gasteiger partial charge is 0.399 e. The lowest BCUT2D eigenvalue weighted by atomic mass is 9.70. The van der Waals surface area contributed by atoms with Crippen LogP contribution in [0.2, 0.25) is 0 Å². The third kappa shape index (κ3) is 6.28. The maximum absolute atomic E-state index is 9.33. The molecule has 5 heteroatoms. The molecule has 168 valence electrons. The van der Waals surface area contributed by atoms with E-state index in [0.717, 1.165) is 29.5 Å². The summed E-state index contributed by atoms with van der Waals surface area (Å²) in [7, 11) is -0.407. The van der Waals surface area contributed by atoms with E-state index in [-0.39, 0.29) is 17.3 Å². The molecule has 0 aromatic heterocycles. The van der Waals surface area contributed by atoms with Gasteiger partial charge in [-0.3, -0.25) is 0 Å². The van der Waals surface area contributed by atoms with E-state index in [9.17, 15) is 5.11 Å². The number of allylic oxidation sites excluding steroid dienone is 6. The maximum atomic E-state index is 9.33. The molecule has 1 aromatic rings. The SMILES string of the molecule is CCC(C)/C=C1\C(=N)C=CC=C1B1OC(C)(C)C(C)(C)O1.CCC(O)c1ccccc1. The monoisotopic (exact) mass is 423 g/mol. The van der Waals surface area contributed by atoms with E-state index in [4.69, 9.17) is 14.7 Å². The Morgan fingerprint density at radius 3 is 2.13 bits per heavy atom. The van der Waals surface area contributed by atoms with E-state index in [2.05, 4.69) is 47.6 Å². The molecule has 1 aliphatic carbocycles. The van der Waals surface area contributed by atoms with Crippen LogP contribution in [0, 0.1) is 11.3 Å². The minimum atomic E-state index is -0.407. The second kappa shape index (κ2) is 10.6. The zero-order valence-electron chi connectivity index (χ0n) is 20.1. The first-order valence-electron chi connectivity index (χ1n) is 11.3. The molecule has 1 aromatic carbocycles. The third-order valence-electron chi connectivity index (χ3n) is 6.31. The molecule has 0 spiro atoms. The van der Waals surface area contributed by atoms with Gasteiger partial charge >= 0.3 is 7.12 Å². The first-order chi connectivity index (χ1) is 14.5. The molecule has 3 rings (SSSR count). The van der Waals surface area contributed by atoms with Crippen LogP contribution in [-0.4, -0.2) is 29.1 Å². The van der Waals surface area contributed by atoms with Crippen LogP contribution in [0.1, 0.15) is 73.0 Å². The number of hydrogen-bond donors (Lipinski definition) is 2. The van der Waals surface area contributed by atoms with Crippen molar-refractivity contribution in [3.63, 3.8) is 0 Å². The molecule has 0 saturated carbocycles. The van der Waals surface area contributed by atoms with E-state index in [1.54, 1.807) is 0 Å². The van der Waals surface area contributed by atoms with Crippen molar-refractivity contribution in [2.24, 2.45) is 5.92 Å². The number of benzene rings is 1. The zero-order valence-corrected chi connectivity index (χ0v) is 20.1. The fraction of sp³-hybridized carbons (Fsp3) is 0.500. The summed E-state index contributed by atoms with van der Waals surface area (Å²) in [5.41, 5.74) is 2.71. The summed E-state index contributed by atoms with van der Waals surface area (Å²) in [5, 5.41) is 17.5. The van der Waals surface area contributed by atoms with Crippen LogP contribution < -0.4 is 0 Å². The Morgan fingerprint density at radius 2 is 1.61 bits per heavy atom. The fourth-order valence-electron chi connectivity index (χ4n) is 3.26. The van der Waals surface area contributed by atoms with Gasteiger partial charge in [0, 0.05) is 0 Å². The fourth-order valence-corrected chi connectivity index (χ4v) is 3.26. The molecular weight excluding hydrogens is 385 g/mol. The number of aliphatic hydroxyl groups is 1. The van der Waals surface area contributed by atoms with Crippen molar-refractivity contribution in [1.82, 2.24) is 0 Å². The Morgan fingerprint density at radius 1 is 1.03 bits per heavy atom. The average Bonchev–Trinajstić information content (AvgIpc) is 2.96. The highest BCUT2D eigenvalue weighted by Gasteiger charge is 2.53. The lowest BCUT2D eigenvalue weighted by Gasteiger charge is -2.32. The minimum absolute atomic E-state index is 0.291. The summed E-state index contributed by atoms with van der Waals surface area (Å²) in [5.74, 6) is 0.428. The van der Waals surface area contributed by atoms with E-state index in [1.807, 2.05) is 55.5 Å². The van der Waals surface area contributed by atoms with Crippen LogP contribution in [0.15, 0.2) is 65.7 Å². The normalized spacial score (nSPS) is 22.6. The molecule has 1 saturated heterocycles. The van der Waals surface area contributed by atoms with Gasteiger partial charge in [0.25, 0.3) is 0 Å². The predicted molar refractivity (Wildman–Crippen MR) is 130 cm³/mol. The summed E-state index contributed by atoms with van der Waals surface area (Å²) in [6.45, 7) is 14.5. The largest absolute Gasteiger partial charge is 0.495 e. The van der Waals surface area contributed by atoms with E-state index < -0.39 is 7.12 Å². The van der Waals surface area contributed by atoms with Crippen LogP contribution in [0.5, 0.6) is 0 Å². The molecule has 2 N–H and O–H groups in total. The number of hydrogen-bond acceptors (Lipinski definition) is 4. The second-order valence-electron chi connectivity index (χ2n) is 9.28. The number of rotatable bonds is 5. The lowest BCUT2D eigenvalue weighted by molar-refractivity contribution is 0.00578. The second-order valence-corrected chi connectivity index (χ2v) is 9.28. The van der Waals surface area contributed by atoms with Crippen molar-refractivity contribution in [3.8, 4) is 0 Å².